The molecule has 2 heterocycles. The summed E-state index contributed by atoms with van der Waals surface area (Å²) in [7, 11) is 4.56. The van der Waals surface area contributed by atoms with Crippen LogP contribution in [0.5, 0.6) is 34.5 Å². The van der Waals surface area contributed by atoms with Crippen LogP contribution in [0.1, 0.15) is 80.1 Å². The second-order valence-corrected chi connectivity index (χ2v) is 16.1. The molecule has 15 heteroatoms. The van der Waals surface area contributed by atoms with Crippen molar-refractivity contribution in [1.29, 1.82) is 0 Å². The summed E-state index contributed by atoms with van der Waals surface area (Å²) in [6, 6.07) is 14.9. The van der Waals surface area contributed by atoms with Crippen molar-refractivity contribution in [2.45, 2.75) is 76.0 Å². The van der Waals surface area contributed by atoms with Crippen LogP contribution < -0.4 is 33.7 Å². The van der Waals surface area contributed by atoms with Gasteiger partial charge >= 0.3 is 6.09 Å². The summed E-state index contributed by atoms with van der Waals surface area (Å²) < 4.78 is 42.4. The Morgan fingerprint density at radius 3 is 2.43 bits per heavy atom. The number of carbonyl (C=O) groups excluding carboxylic acids is 2. The molecule has 63 heavy (non-hydrogen) atoms. The van der Waals surface area contributed by atoms with Gasteiger partial charge in [-0.2, -0.15) is 0 Å². The van der Waals surface area contributed by atoms with Crippen LogP contribution in [0.15, 0.2) is 84.1 Å². The van der Waals surface area contributed by atoms with Crippen molar-refractivity contribution < 1.29 is 57.8 Å². The van der Waals surface area contributed by atoms with E-state index in [0.29, 0.717) is 71.5 Å². The highest BCUT2D eigenvalue weighted by Crippen LogP contribution is 2.62. The quantitative estimate of drug-likeness (QED) is 0.0570. The molecule has 0 unspecified atom stereocenters. The Morgan fingerprint density at radius 1 is 0.937 bits per heavy atom. The molecule has 3 N–H and O–H groups in total. The Labute approximate surface area is 368 Å². The van der Waals surface area contributed by atoms with E-state index in [4.69, 9.17) is 38.0 Å². The number of fused-ring (bicyclic) bond motifs is 3. The zero-order chi connectivity index (χ0) is 44.5. The molecule has 7 rings (SSSR count). The number of hydrogen-bond donors (Lipinski definition) is 3. The van der Waals surface area contributed by atoms with Crippen molar-refractivity contribution in [2.75, 3.05) is 59.8 Å². The van der Waals surface area contributed by atoms with Gasteiger partial charge in [0.05, 0.1) is 38.1 Å². The molecule has 15 nitrogen and oxygen atoms in total. The normalized spacial score (nSPS) is 23.4. The molecule has 3 aromatic rings. The van der Waals surface area contributed by atoms with Crippen molar-refractivity contribution >= 4 is 23.4 Å². The van der Waals surface area contributed by atoms with Gasteiger partial charge in [-0.1, -0.05) is 37.1 Å². The number of aliphatic hydroxyl groups is 2. The first-order valence-electron chi connectivity index (χ1n) is 21.8. The van der Waals surface area contributed by atoms with Crippen molar-refractivity contribution in [3.05, 3.63) is 90.0 Å². The van der Waals surface area contributed by atoms with Crippen LogP contribution in [-0.2, 0) is 9.57 Å². The molecular weight excluding hydrogens is 811 g/mol. The van der Waals surface area contributed by atoms with Gasteiger partial charge in [0, 0.05) is 49.3 Å². The number of allylic oxidation sites excluding steroid dienone is 1. The third kappa shape index (κ3) is 9.32. The molecule has 1 saturated carbocycles. The summed E-state index contributed by atoms with van der Waals surface area (Å²) in [6.45, 7) is 6.72. The van der Waals surface area contributed by atoms with Crippen LogP contribution in [0, 0.1) is 17.8 Å². The average molecular weight is 870 g/mol. The van der Waals surface area contributed by atoms with E-state index in [1.165, 1.54) is 14.2 Å². The van der Waals surface area contributed by atoms with Gasteiger partial charge < -0.3 is 53.1 Å². The van der Waals surface area contributed by atoms with Crippen molar-refractivity contribution in [2.24, 2.45) is 22.9 Å². The van der Waals surface area contributed by atoms with E-state index in [0.717, 1.165) is 36.8 Å². The van der Waals surface area contributed by atoms with Crippen LogP contribution >= 0.6 is 0 Å². The number of unbranched alkanes of at least 4 members (excludes halogenated alkanes) is 2. The van der Waals surface area contributed by atoms with Crippen LogP contribution in [0.25, 0.3) is 0 Å². The molecule has 0 saturated heterocycles. The monoisotopic (exact) mass is 869 g/mol. The molecule has 338 valence electrons. The van der Waals surface area contributed by atoms with Gasteiger partial charge in [0.2, 0.25) is 12.6 Å². The molecule has 0 radical (unpaired) electrons. The van der Waals surface area contributed by atoms with Crippen molar-refractivity contribution in [3.63, 3.8) is 0 Å². The number of aliphatic hydroxyl groups excluding tert-OH is 2. The van der Waals surface area contributed by atoms with E-state index >= 15 is 0 Å². The summed E-state index contributed by atoms with van der Waals surface area (Å²) in [4.78, 5) is 35.9. The van der Waals surface area contributed by atoms with Crippen LogP contribution in [0.3, 0.4) is 0 Å². The summed E-state index contributed by atoms with van der Waals surface area (Å²) in [5, 5.41) is 27.3. The third-order valence-electron chi connectivity index (χ3n) is 12.4. The maximum absolute atomic E-state index is 15.0. The van der Waals surface area contributed by atoms with Crippen molar-refractivity contribution in [3.8, 4) is 34.5 Å². The summed E-state index contributed by atoms with van der Waals surface area (Å²) in [5.41, 5.74) is 3.19. The fourth-order valence-corrected chi connectivity index (χ4v) is 9.80. The maximum atomic E-state index is 15.0. The number of benzene rings is 3. The van der Waals surface area contributed by atoms with Gasteiger partial charge in [0.1, 0.15) is 36.1 Å². The Bertz CT molecular complexity index is 2180. The van der Waals surface area contributed by atoms with Crippen molar-refractivity contribution in [1.82, 2.24) is 4.90 Å². The number of amides is 2. The highest BCUT2D eigenvalue weighted by atomic mass is 16.7. The third-order valence-corrected chi connectivity index (χ3v) is 12.4. The molecule has 0 bridgehead atoms. The van der Waals surface area contributed by atoms with Gasteiger partial charge in [-0.25, -0.2) is 4.79 Å². The topological polar surface area (TPSA) is 176 Å². The number of nitrogens with one attached hydrogen (secondary N) is 1. The van der Waals surface area contributed by atoms with E-state index in [2.05, 4.69) is 23.1 Å². The van der Waals surface area contributed by atoms with E-state index in [1.807, 2.05) is 17.9 Å². The Morgan fingerprint density at radius 2 is 1.70 bits per heavy atom. The number of oxime groups is 1. The lowest BCUT2D eigenvalue weighted by Crippen LogP contribution is -2.70. The van der Waals surface area contributed by atoms with Gasteiger partial charge in [-0.05, 0) is 98.0 Å². The molecule has 2 aliphatic carbocycles. The smallest absolute Gasteiger partial charge is 0.417 e. The van der Waals surface area contributed by atoms with Crippen LogP contribution in [0.2, 0.25) is 0 Å². The lowest BCUT2D eigenvalue weighted by atomic mass is 9.55. The summed E-state index contributed by atoms with van der Waals surface area (Å²) >= 11 is 0. The molecule has 3 aromatic carbocycles. The van der Waals surface area contributed by atoms with E-state index in [1.54, 1.807) is 61.7 Å². The van der Waals surface area contributed by atoms with E-state index < -0.39 is 23.8 Å². The van der Waals surface area contributed by atoms with E-state index in [-0.39, 0.29) is 62.4 Å². The molecule has 0 spiro atoms. The Balaban J connectivity index is 1.38. The average Bonchev–Trinajstić information content (AvgIpc) is 3.77. The zero-order valence-corrected chi connectivity index (χ0v) is 36.5. The minimum atomic E-state index is -1.46. The van der Waals surface area contributed by atoms with Crippen LogP contribution in [0.4, 0.5) is 10.5 Å². The molecule has 4 aliphatic rings. The number of nitrogens with zero attached hydrogens (tertiary/aromatic N) is 2. The molecular formula is C48H59N3O12. The summed E-state index contributed by atoms with van der Waals surface area (Å²) in [5.74, 6) is 0.271. The fraction of sp³-hybridized carbons (Fsp3) is 0.479. The SMILES string of the molecule is C=CCO[C@@]12Oc3ccc(OC(=O)Nc4ccc(OC)cc4OC)cc3[C@H]3[C@H](CCCCO)[C@@H](CCCCO)C=C(C(=NOC)C[C@@H]1N(CCC)C(=O)c1ccc4c(c1)OCO4)[C@H]32. The predicted octanol–water partition coefficient (Wildman–Crippen LogP) is 7.86. The lowest BCUT2D eigenvalue weighted by molar-refractivity contribution is -0.254. The number of ether oxygens (including phenoxy) is 7. The van der Waals surface area contributed by atoms with E-state index in [9.17, 15) is 19.8 Å². The number of carbonyl (C=O) groups is 2. The molecule has 0 aromatic heterocycles. The highest BCUT2D eigenvalue weighted by Gasteiger charge is 2.65. The zero-order valence-electron chi connectivity index (χ0n) is 36.5. The molecule has 2 amide bonds. The first kappa shape index (κ1) is 45.3. The van der Waals surface area contributed by atoms with Gasteiger partial charge in [-0.15, -0.1) is 6.58 Å². The number of hydrogen-bond acceptors (Lipinski definition) is 13. The summed E-state index contributed by atoms with van der Waals surface area (Å²) in [6.07, 6.45) is 8.42. The molecule has 6 atom stereocenters. The minimum absolute atomic E-state index is 0.0190. The van der Waals surface area contributed by atoms with Gasteiger partial charge in [0.15, 0.2) is 11.5 Å². The minimum Gasteiger partial charge on any atom is -0.497 e. The second kappa shape index (κ2) is 20.6. The predicted molar refractivity (Wildman–Crippen MR) is 235 cm³/mol. The number of methoxy groups -OCH3 is 2. The first-order chi connectivity index (χ1) is 30.7. The Kier molecular flexibility index (Phi) is 14.8. The van der Waals surface area contributed by atoms with Gasteiger partial charge in [0.25, 0.3) is 5.91 Å². The second-order valence-electron chi connectivity index (χ2n) is 16.1. The first-order valence-corrected chi connectivity index (χ1v) is 21.8. The lowest BCUT2D eigenvalue weighted by Gasteiger charge is -2.60. The number of anilines is 1. The fourth-order valence-electron chi connectivity index (χ4n) is 9.80. The van der Waals surface area contributed by atoms with Crippen LogP contribution in [-0.4, -0.2) is 99.1 Å². The van der Waals surface area contributed by atoms with Gasteiger partial charge in [-0.3, -0.25) is 10.1 Å². The maximum Gasteiger partial charge on any atom is 0.417 e. The Hall–Kier alpha value is -5.77. The highest BCUT2D eigenvalue weighted by molar-refractivity contribution is 6.03. The largest absolute Gasteiger partial charge is 0.497 e. The molecule has 1 fully saturated rings. The molecule has 2 aliphatic heterocycles. The standard InChI is InChI=1S/C48H59N3O12/c1-6-20-51(46(54)31-14-18-40-42(25-31)60-29-59-40)43-28-38(50-58-5)35-24-30(12-8-10-21-52)34(13-9-11-22-53)44-36-26-33(16-19-39(36)63-48(43,45(35)44)61-23-7-2)62-47(55)49-37-17-15-32(56-3)27-41(37)57-4/h7,14-19,24-27,30,34,43-45,52-53H,2,6,8-13,20-23,28-29H2,1,3-5H3,(H,49,55)/t30-,34+,43-,44+,45+,48+/m0/s1. The number of rotatable bonds is 20.